The lowest BCUT2D eigenvalue weighted by Gasteiger charge is -2.34. The summed E-state index contributed by atoms with van der Waals surface area (Å²) in [6.07, 6.45) is 3.41. The molecule has 0 aliphatic carbocycles. The molecule has 0 unspecified atom stereocenters. The minimum absolute atomic E-state index is 0.0730. The Bertz CT molecular complexity index is 383. The highest BCUT2D eigenvalue weighted by Crippen LogP contribution is 2.30. The van der Waals surface area contributed by atoms with Gasteiger partial charge in [-0.2, -0.15) is 5.06 Å². The average Bonchev–Trinajstić information content (AvgIpc) is 2.71. The fourth-order valence-corrected chi connectivity index (χ4v) is 3.06. The van der Waals surface area contributed by atoms with E-state index in [9.17, 15) is 9.59 Å². The molecular formula is C12H19N3O4. The largest absolute Gasteiger partial charge is 0.345 e. The van der Waals surface area contributed by atoms with Crippen LogP contribution in [-0.2, 0) is 14.5 Å². The standard InChI is InChI=1S/C12H19N3O4/c1-18-15-9-4-5-10(13(8-9)12(15)17)11(16)14-6-2-3-7-19-14/h9-10H,2-8H2,1H3/t9-,10+/m1/s1. The number of carbonyl (C=O) groups excluding carboxylic acids is 2. The Morgan fingerprint density at radius 2 is 2.21 bits per heavy atom. The SMILES string of the molecule is CON1C(=O)N2C[C@H]1CC[C@H]2C(=O)N1CCCCO1. The van der Waals surface area contributed by atoms with Crippen LogP contribution in [0.3, 0.4) is 0 Å². The van der Waals surface area contributed by atoms with Crippen LogP contribution >= 0.6 is 0 Å². The first-order valence-electron chi connectivity index (χ1n) is 6.80. The minimum atomic E-state index is -0.401. The number of amides is 3. The van der Waals surface area contributed by atoms with Crippen molar-refractivity contribution in [3.05, 3.63) is 0 Å². The second kappa shape index (κ2) is 4.97. The minimum Gasteiger partial charge on any atom is -0.309 e. The molecule has 0 aromatic heterocycles. The van der Waals surface area contributed by atoms with Crippen LogP contribution in [0.15, 0.2) is 0 Å². The first-order valence-corrected chi connectivity index (χ1v) is 6.80. The predicted octanol–water partition coefficient (Wildman–Crippen LogP) is 0.370. The van der Waals surface area contributed by atoms with Crippen LogP contribution in [0.2, 0.25) is 0 Å². The monoisotopic (exact) mass is 269 g/mol. The Morgan fingerprint density at radius 1 is 1.37 bits per heavy atom. The maximum absolute atomic E-state index is 12.4. The second-order valence-corrected chi connectivity index (χ2v) is 5.17. The number of hydrogen-bond donors (Lipinski definition) is 0. The Labute approximate surface area is 111 Å². The molecule has 2 bridgehead atoms. The van der Waals surface area contributed by atoms with Crippen molar-refractivity contribution in [3.63, 3.8) is 0 Å². The number of rotatable bonds is 2. The molecule has 0 N–H and O–H groups in total. The van der Waals surface area contributed by atoms with Gasteiger partial charge in [-0.1, -0.05) is 0 Å². The molecule has 0 aromatic rings. The Kier molecular flexibility index (Phi) is 3.32. The quantitative estimate of drug-likeness (QED) is 0.726. The van der Waals surface area contributed by atoms with E-state index in [4.69, 9.17) is 9.68 Å². The maximum Gasteiger partial charge on any atom is 0.345 e. The molecule has 0 saturated carbocycles. The highest BCUT2D eigenvalue weighted by Gasteiger charge is 2.48. The molecule has 3 heterocycles. The van der Waals surface area contributed by atoms with Crippen LogP contribution in [0, 0.1) is 0 Å². The zero-order chi connectivity index (χ0) is 13.4. The highest BCUT2D eigenvalue weighted by atomic mass is 16.7. The summed E-state index contributed by atoms with van der Waals surface area (Å²) < 4.78 is 0. The van der Waals surface area contributed by atoms with Gasteiger partial charge in [0.15, 0.2) is 0 Å². The van der Waals surface area contributed by atoms with Gasteiger partial charge in [0.2, 0.25) is 0 Å². The number of hydrogen-bond acceptors (Lipinski definition) is 4. The van der Waals surface area contributed by atoms with E-state index in [-0.39, 0.29) is 18.0 Å². The molecule has 2 atom stereocenters. The first-order chi connectivity index (χ1) is 9.22. The van der Waals surface area contributed by atoms with Gasteiger partial charge >= 0.3 is 6.03 Å². The van der Waals surface area contributed by atoms with E-state index in [1.54, 1.807) is 4.90 Å². The molecule has 7 heteroatoms. The number of carbonyl (C=O) groups is 2. The molecule has 3 aliphatic rings. The summed E-state index contributed by atoms with van der Waals surface area (Å²) in [6, 6.07) is -0.536. The average molecular weight is 269 g/mol. The van der Waals surface area contributed by atoms with E-state index >= 15 is 0 Å². The fourth-order valence-electron chi connectivity index (χ4n) is 3.06. The van der Waals surface area contributed by atoms with Crippen LogP contribution in [-0.4, -0.2) is 65.9 Å². The Balaban J connectivity index is 1.72. The van der Waals surface area contributed by atoms with Gasteiger partial charge in [0.1, 0.15) is 6.04 Å². The number of hydroxylamine groups is 4. The molecule has 3 rings (SSSR count). The zero-order valence-corrected chi connectivity index (χ0v) is 11.1. The topological polar surface area (TPSA) is 62.3 Å². The van der Waals surface area contributed by atoms with Gasteiger partial charge in [0.25, 0.3) is 5.91 Å². The van der Waals surface area contributed by atoms with Crippen molar-refractivity contribution in [2.75, 3.05) is 26.8 Å². The molecule has 0 aromatic carbocycles. The lowest BCUT2D eigenvalue weighted by Crippen LogP contribution is -2.52. The van der Waals surface area contributed by atoms with E-state index in [0.717, 1.165) is 19.3 Å². The Morgan fingerprint density at radius 3 is 2.89 bits per heavy atom. The first kappa shape index (κ1) is 12.7. The van der Waals surface area contributed by atoms with E-state index in [0.29, 0.717) is 26.1 Å². The smallest absolute Gasteiger partial charge is 0.309 e. The molecule has 3 fully saturated rings. The van der Waals surface area contributed by atoms with Gasteiger partial charge in [-0.3, -0.25) is 14.5 Å². The maximum atomic E-state index is 12.4. The number of fused-ring (bicyclic) bond motifs is 2. The fraction of sp³-hybridized carbons (Fsp3) is 0.833. The number of nitrogens with zero attached hydrogens (tertiary/aromatic N) is 3. The molecule has 106 valence electrons. The summed E-state index contributed by atoms with van der Waals surface area (Å²) in [6.45, 7) is 1.77. The van der Waals surface area contributed by atoms with Crippen molar-refractivity contribution in [1.82, 2.24) is 15.0 Å². The second-order valence-electron chi connectivity index (χ2n) is 5.17. The van der Waals surface area contributed by atoms with Gasteiger partial charge in [0.05, 0.1) is 19.8 Å². The molecule has 19 heavy (non-hydrogen) atoms. The normalized spacial score (nSPS) is 31.0. The van der Waals surface area contributed by atoms with Crippen molar-refractivity contribution in [2.45, 2.75) is 37.8 Å². The van der Waals surface area contributed by atoms with E-state index in [1.807, 2.05) is 0 Å². The van der Waals surface area contributed by atoms with Crippen LogP contribution in [0.4, 0.5) is 4.79 Å². The van der Waals surface area contributed by atoms with Gasteiger partial charge in [-0.15, -0.1) is 0 Å². The molecule has 3 amide bonds. The summed E-state index contributed by atoms with van der Waals surface area (Å²) in [5, 5.41) is 2.81. The molecule has 0 radical (unpaired) electrons. The molecule has 3 aliphatic heterocycles. The van der Waals surface area contributed by atoms with Crippen molar-refractivity contribution < 1.29 is 19.3 Å². The van der Waals surface area contributed by atoms with Crippen LogP contribution in [0.1, 0.15) is 25.7 Å². The van der Waals surface area contributed by atoms with E-state index < -0.39 is 6.04 Å². The summed E-state index contributed by atoms with van der Waals surface area (Å²) in [4.78, 5) is 36.7. The van der Waals surface area contributed by atoms with E-state index in [1.165, 1.54) is 17.2 Å². The third-order valence-corrected chi connectivity index (χ3v) is 4.05. The molecule has 7 nitrogen and oxygen atoms in total. The number of piperidine rings is 1. The molecule has 3 saturated heterocycles. The summed E-state index contributed by atoms with van der Waals surface area (Å²) in [5.74, 6) is -0.0931. The van der Waals surface area contributed by atoms with Crippen molar-refractivity contribution >= 4 is 11.9 Å². The summed E-state index contributed by atoms with van der Waals surface area (Å²) in [5.41, 5.74) is 0. The third-order valence-electron chi connectivity index (χ3n) is 4.05. The van der Waals surface area contributed by atoms with Gasteiger partial charge in [-0.25, -0.2) is 9.86 Å². The van der Waals surface area contributed by atoms with E-state index in [2.05, 4.69) is 0 Å². The summed E-state index contributed by atoms with van der Waals surface area (Å²) in [7, 11) is 1.49. The van der Waals surface area contributed by atoms with Crippen LogP contribution in [0.25, 0.3) is 0 Å². The van der Waals surface area contributed by atoms with Crippen molar-refractivity contribution in [2.24, 2.45) is 0 Å². The zero-order valence-electron chi connectivity index (χ0n) is 11.1. The van der Waals surface area contributed by atoms with Gasteiger partial charge in [-0.05, 0) is 25.7 Å². The lowest BCUT2D eigenvalue weighted by atomic mass is 10.00. The highest BCUT2D eigenvalue weighted by molar-refractivity contribution is 5.88. The van der Waals surface area contributed by atoms with Gasteiger partial charge < -0.3 is 4.90 Å². The Hall–Kier alpha value is -1.34. The molecular weight excluding hydrogens is 250 g/mol. The van der Waals surface area contributed by atoms with Crippen LogP contribution in [0.5, 0.6) is 0 Å². The predicted molar refractivity (Wildman–Crippen MR) is 64.7 cm³/mol. The lowest BCUT2D eigenvalue weighted by molar-refractivity contribution is -0.201. The van der Waals surface area contributed by atoms with Gasteiger partial charge in [0, 0.05) is 13.1 Å². The summed E-state index contributed by atoms with van der Waals surface area (Å²) >= 11 is 0. The van der Waals surface area contributed by atoms with Crippen molar-refractivity contribution in [3.8, 4) is 0 Å². The third kappa shape index (κ3) is 2.06. The molecule has 0 spiro atoms. The van der Waals surface area contributed by atoms with Crippen molar-refractivity contribution in [1.29, 1.82) is 0 Å². The number of urea groups is 1. The van der Waals surface area contributed by atoms with Crippen LogP contribution < -0.4 is 0 Å².